The third kappa shape index (κ3) is 2.55. The number of nitrogens with zero attached hydrogens (tertiary/aromatic N) is 1. The van der Waals surface area contributed by atoms with Crippen molar-refractivity contribution in [2.75, 3.05) is 0 Å². The highest BCUT2D eigenvalue weighted by molar-refractivity contribution is 5.90. The van der Waals surface area contributed by atoms with Crippen LogP contribution in [0, 0.1) is 27.6 Å². The number of hydrogen-bond acceptors (Lipinski definition) is 3. The number of carboxylic acids is 1. The van der Waals surface area contributed by atoms with Gasteiger partial charge in [-0.25, -0.2) is 18.0 Å². The Balaban J connectivity index is 2.72. The SMILES string of the molecule is O=C(O)c1ccc(-c2ccc(F)c(F)c2F)c([N+](=O)[O-])c1. The molecule has 0 heterocycles. The average molecular weight is 297 g/mol. The van der Waals surface area contributed by atoms with Crippen LogP contribution in [0.25, 0.3) is 11.1 Å². The Morgan fingerprint density at radius 2 is 1.67 bits per heavy atom. The molecule has 0 bridgehead atoms. The minimum Gasteiger partial charge on any atom is -0.478 e. The summed E-state index contributed by atoms with van der Waals surface area (Å²) in [5, 5.41) is 19.7. The molecule has 0 unspecified atom stereocenters. The van der Waals surface area contributed by atoms with E-state index in [-0.39, 0.29) is 11.1 Å². The summed E-state index contributed by atoms with van der Waals surface area (Å²) >= 11 is 0. The van der Waals surface area contributed by atoms with Gasteiger partial charge >= 0.3 is 5.97 Å². The normalized spacial score (nSPS) is 10.4. The monoisotopic (exact) mass is 297 g/mol. The molecule has 0 amide bonds. The fourth-order valence-corrected chi connectivity index (χ4v) is 1.78. The lowest BCUT2D eigenvalue weighted by Gasteiger charge is -2.06. The summed E-state index contributed by atoms with van der Waals surface area (Å²) in [6, 6.07) is 4.17. The molecule has 5 nitrogen and oxygen atoms in total. The first-order chi connectivity index (χ1) is 9.82. The molecule has 0 saturated carbocycles. The molecule has 0 spiro atoms. The molecule has 0 aromatic heterocycles. The molecule has 8 heteroatoms. The van der Waals surface area contributed by atoms with Crippen molar-refractivity contribution in [1.29, 1.82) is 0 Å². The van der Waals surface area contributed by atoms with E-state index in [2.05, 4.69) is 0 Å². The summed E-state index contributed by atoms with van der Waals surface area (Å²) in [5.41, 5.74) is -1.98. The molecule has 21 heavy (non-hydrogen) atoms. The molecule has 0 aliphatic carbocycles. The van der Waals surface area contributed by atoms with Crippen LogP contribution in [0.4, 0.5) is 18.9 Å². The Kier molecular flexibility index (Phi) is 3.62. The smallest absolute Gasteiger partial charge is 0.335 e. The van der Waals surface area contributed by atoms with E-state index in [9.17, 15) is 28.1 Å². The van der Waals surface area contributed by atoms with E-state index in [1.165, 1.54) is 0 Å². The van der Waals surface area contributed by atoms with Crippen LogP contribution in [-0.2, 0) is 0 Å². The van der Waals surface area contributed by atoms with Crippen molar-refractivity contribution in [2.24, 2.45) is 0 Å². The van der Waals surface area contributed by atoms with E-state index in [0.29, 0.717) is 6.07 Å². The van der Waals surface area contributed by atoms with Crippen LogP contribution in [0.1, 0.15) is 10.4 Å². The number of benzene rings is 2. The highest BCUT2D eigenvalue weighted by Gasteiger charge is 2.23. The molecule has 0 aliphatic rings. The first kappa shape index (κ1) is 14.5. The van der Waals surface area contributed by atoms with Gasteiger partial charge < -0.3 is 5.11 Å². The molecule has 2 aromatic rings. The van der Waals surface area contributed by atoms with E-state index in [0.717, 1.165) is 24.3 Å². The van der Waals surface area contributed by atoms with Crippen LogP contribution < -0.4 is 0 Å². The van der Waals surface area contributed by atoms with Gasteiger partial charge in [0.05, 0.1) is 16.1 Å². The number of nitro groups is 1. The van der Waals surface area contributed by atoms with E-state index in [1.54, 1.807) is 0 Å². The molecular weight excluding hydrogens is 291 g/mol. The van der Waals surface area contributed by atoms with Gasteiger partial charge in [-0.1, -0.05) is 0 Å². The molecular formula is C13H6F3NO4. The first-order valence-corrected chi connectivity index (χ1v) is 5.48. The summed E-state index contributed by atoms with van der Waals surface area (Å²) in [5.74, 6) is -6.18. The van der Waals surface area contributed by atoms with Gasteiger partial charge in [0.25, 0.3) is 5.69 Å². The predicted octanol–water partition coefficient (Wildman–Crippen LogP) is 3.38. The fourth-order valence-electron chi connectivity index (χ4n) is 1.78. The molecule has 0 saturated heterocycles. The Labute approximate surface area is 115 Å². The highest BCUT2D eigenvalue weighted by atomic mass is 19.2. The van der Waals surface area contributed by atoms with E-state index in [1.807, 2.05) is 0 Å². The molecule has 0 aliphatic heterocycles. The Morgan fingerprint density at radius 1 is 1.05 bits per heavy atom. The van der Waals surface area contributed by atoms with Crippen LogP contribution >= 0.6 is 0 Å². The largest absolute Gasteiger partial charge is 0.478 e. The third-order valence-electron chi connectivity index (χ3n) is 2.77. The Bertz CT molecular complexity index is 761. The zero-order valence-corrected chi connectivity index (χ0v) is 10.1. The van der Waals surface area contributed by atoms with Crippen LogP contribution in [0.5, 0.6) is 0 Å². The maximum Gasteiger partial charge on any atom is 0.335 e. The number of rotatable bonds is 3. The quantitative estimate of drug-likeness (QED) is 0.535. The standard InChI is InChI=1S/C13H6F3NO4/c14-9-4-3-8(11(15)12(9)16)7-2-1-6(13(18)19)5-10(7)17(20)21/h1-5H,(H,18,19). The van der Waals surface area contributed by atoms with Gasteiger partial charge in [-0.15, -0.1) is 0 Å². The van der Waals surface area contributed by atoms with Crippen molar-refractivity contribution in [3.05, 3.63) is 63.5 Å². The Morgan fingerprint density at radius 3 is 2.24 bits per heavy atom. The van der Waals surface area contributed by atoms with E-state index < -0.39 is 39.6 Å². The molecule has 0 radical (unpaired) electrons. The third-order valence-corrected chi connectivity index (χ3v) is 2.77. The maximum atomic E-state index is 13.7. The number of carbonyl (C=O) groups is 1. The van der Waals surface area contributed by atoms with Crippen molar-refractivity contribution in [1.82, 2.24) is 0 Å². The van der Waals surface area contributed by atoms with E-state index >= 15 is 0 Å². The Hall–Kier alpha value is -2.90. The predicted molar refractivity (Wildman–Crippen MR) is 65.4 cm³/mol. The molecule has 108 valence electrons. The van der Waals surface area contributed by atoms with Gasteiger partial charge in [0, 0.05) is 11.6 Å². The van der Waals surface area contributed by atoms with Crippen molar-refractivity contribution in [3.63, 3.8) is 0 Å². The average Bonchev–Trinajstić information content (AvgIpc) is 2.44. The van der Waals surface area contributed by atoms with Crippen LogP contribution in [-0.4, -0.2) is 16.0 Å². The van der Waals surface area contributed by atoms with E-state index in [4.69, 9.17) is 5.11 Å². The lowest BCUT2D eigenvalue weighted by Crippen LogP contribution is -2.01. The maximum absolute atomic E-state index is 13.7. The second-order valence-corrected chi connectivity index (χ2v) is 4.02. The van der Waals surface area contributed by atoms with Crippen molar-refractivity contribution in [3.8, 4) is 11.1 Å². The minimum atomic E-state index is -1.76. The summed E-state index contributed by atoms with van der Waals surface area (Å²) in [7, 11) is 0. The first-order valence-electron chi connectivity index (χ1n) is 5.48. The minimum absolute atomic E-state index is 0.346. The topological polar surface area (TPSA) is 80.4 Å². The number of carboxylic acid groups (broad SMARTS) is 1. The fraction of sp³-hybridized carbons (Fsp3) is 0. The van der Waals surface area contributed by atoms with Gasteiger partial charge in [-0.05, 0) is 24.3 Å². The number of halogens is 3. The van der Waals surface area contributed by atoms with Gasteiger partial charge in [-0.3, -0.25) is 10.1 Å². The number of hydrogen-bond donors (Lipinski definition) is 1. The molecule has 2 aromatic carbocycles. The lowest BCUT2D eigenvalue weighted by atomic mass is 10.0. The van der Waals surface area contributed by atoms with Gasteiger partial charge in [0.2, 0.25) is 0 Å². The van der Waals surface area contributed by atoms with Gasteiger partial charge in [-0.2, -0.15) is 0 Å². The zero-order chi connectivity index (χ0) is 15.7. The molecule has 0 fully saturated rings. The van der Waals surface area contributed by atoms with Crippen LogP contribution in [0.3, 0.4) is 0 Å². The second-order valence-electron chi connectivity index (χ2n) is 4.02. The zero-order valence-electron chi connectivity index (χ0n) is 10.1. The van der Waals surface area contributed by atoms with Crippen molar-refractivity contribution >= 4 is 11.7 Å². The van der Waals surface area contributed by atoms with Crippen LogP contribution in [0.15, 0.2) is 30.3 Å². The van der Waals surface area contributed by atoms with Crippen molar-refractivity contribution in [2.45, 2.75) is 0 Å². The molecule has 1 N–H and O–H groups in total. The molecule has 0 atom stereocenters. The number of aromatic carboxylic acids is 1. The second kappa shape index (κ2) is 5.23. The van der Waals surface area contributed by atoms with Crippen LogP contribution in [0.2, 0.25) is 0 Å². The summed E-state index contributed by atoms with van der Waals surface area (Å²) in [6.07, 6.45) is 0. The van der Waals surface area contributed by atoms with Crippen molar-refractivity contribution < 1.29 is 28.0 Å². The van der Waals surface area contributed by atoms with Gasteiger partial charge in [0.15, 0.2) is 17.5 Å². The summed E-state index contributed by atoms with van der Waals surface area (Å²) in [4.78, 5) is 20.8. The summed E-state index contributed by atoms with van der Waals surface area (Å²) in [6.45, 7) is 0. The highest BCUT2D eigenvalue weighted by Crippen LogP contribution is 2.33. The number of nitro benzene ring substituents is 1. The lowest BCUT2D eigenvalue weighted by molar-refractivity contribution is -0.384. The molecule has 2 rings (SSSR count). The van der Waals surface area contributed by atoms with Gasteiger partial charge in [0.1, 0.15) is 0 Å². The summed E-state index contributed by atoms with van der Waals surface area (Å²) < 4.78 is 39.8.